The van der Waals surface area contributed by atoms with E-state index in [4.69, 9.17) is 9.72 Å². The molecule has 0 radical (unpaired) electrons. The Balaban J connectivity index is 1.52. The maximum atomic E-state index is 13.6. The van der Waals surface area contributed by atoms with Crippen LogP contribution in [0.1, 0.15) is 15.9 Å². The Hall–Kier alpha value is -4.20. The molecule has 5 rings (SSSR count). The normalized spacial score (nSPS) is 13.8. The lowest BCUT2D eigenvalue weighted by molar-refractivity contribution is 0.0601. The van der Waals surface area contributed by atoms with Crippen LogP contribution in [-0.4, -0.2) is 48.8 Å². The topological polar surface area (TPSA) is 67.7 Å². The maximum Gasteiger partial charge on any atom is 0.337 e. The second-order valence-electron chi connectivity index (χ2n) is 8.46. The van der Waals surface area contributed by atoms with Gasteiger partial charge in [0.1, 0.15) is 5.82 Å². The number of anilines is 2. The van der Waals surface area contributed by atoms with Crippen LogP contribution in [0.2, 0.25) is 0 Å². The number of halogens is 1. The zero-order valence-corrected chi connectivity index (χ0v) is 19.4. The molecule has 0 aliphatic carbocycles. The van der Waals surface area contributed by atoms with Gasteiger partial charge in [-0.2, -0.15) is 0 Å². The third kappa shape index (κ3) is 4.59. The Labute approximate surface area is 202 Å². The molecule has 2 heterocycles. The highest BCUT2D eigenvalue weighted by atomic mass is 19.1. The SMILES string of the molecule is COC(=O)c1ccc2c(=O)n(Cc3ccccc3)c(N3CCN(c4ccc(F)cc4)CC3)nc2c1. The number of fused-ring (bicyclic) bond motifs is 1. The lowest BCUT2D eigenvalue weighted by atomic mass is 10.1. The Morgan fingerprint density at radius 3 is 2.31 bits per heavy atom. The van der Waals surface area contributed by atoms with Crippen molar-refractivity contribution in [2.75, 3.05) is 43.1 Å². The summed E-state index contributed by atoms with van der Waals surface area (Å²) in [6.45, 7) is 3.07. The molecule has 35 heavy (non-hydrogen) atoms. The number of carbonyl (C=O) groups excluding carboxylic acids is 1. The Kier molecular flexibility index (Phi) is 6.18. The van der Waals surface area contributed by atoms with Crippen LogP contribution in [0.5, 0.6) is 0 Å². The largest absolute Gasteiger partial charge is 0.465 e. The predicted molar refractivity (Wildman–Crippen MR) is 134 cm³/mol. The van der Waals surface area contributed by atoms with Crippen molar-refractivity contribution in [2.45, 2.75) is 6.54 Å². The average molecular weight is 473 g/mol. The third-order valence-corrected chi connectivity index (χ3v) is 6.29. The van der Waals surface area contributed by atoms with Crippen molar-refractivity contribution in [3.8, 4) is 0 Å². The molecule has 0 amide bonds. The van der Waals surface area contributed by atoms with Crippen LogP contribution in [0.4, 0.5) is 16.0 Å². The molecule has 0 N–H and O–H groups in total. The van der Waals surface area contributed by atoms with Crippen molar-refractivity contribution >= 4 is 28.5 Å². The zero-order chi connectivity index (χ0) is 24.4. The summed E-state index contributed by atoms with van der Waals surface area (Å²) in [5.41, 5.74) is 2.60. The first-order chi connectivity index (χ1) is 17.0. The van der Waals surface area contributed by atoms with E-state index in [0.717, 1.165) is 11.3 Å². The van der Waals surface area contributed by atoms with Gasteiger partial charge in [-0.3, -0.25) is 9.36 Å². The Morgan fingerprint density at radius 1 is 0.943 bits per heavy atom. The standard InChI is InChI=1S/C27H25FN4O3/c1-35-26(34)20-7-12-23-24(17-20)29-27(32(25(23)33)18-19-5-3-2-4-6-19)31-15-13-30(14-16-31)22-10-8-21(28)9-11-22/h2-12,17H,13-16,18H2,1H3. The number of hydrogen-bond acceptors (Lipinski definition) is 6. The molecule has 0 unspecified atom stereocenters. The van der Waals surface area contributed by atoms with Crippen LogP contribution in [-0.2, 0) is 11.3 Å². The van der Waals surface area contributed by atoms with E-state index >= 15 is 0 Å². The van der Waals surface area contributed by atoms with Gasteiger partial charge in [-0.05, 0) is 48.0 Å². The van der Waals surface area contributed by atoms with Gasteiger partial charge in [-0.1, -0.05) is 30.3 Å². The molecular formula is C27H25FN4O3. The first-order valence-corrected chi connectivity index (χ1v) is 11.5. The van der Waals surface area contributed by atoms with Gasteiger partial charge in [-0.25, -0.2) is 14.2 Å². The number of aromatic nitrogens is 2. The lowest BCUT2D eigenvalue weighted by Gasteiger charge is -2.37. The van der Waals surface area contributed by atoms with Crippen LogP contribution < -0.4 is 15.4 Å². The summed E-state index contributed by atoms with van der Waals surface area (Å²) < 4.78 is 19.9. The van der Waals surface area contributed by atoms with Gasteiger partial charge in [0.15, 0.2) is 0 Å². The summed E-state index contributed by atoms with van der Waals surface area (Å²) in [5.74, 6) is -0.173. The fraction of sp³-hybridized carbons (Fsp3) is 0.222. The summed E-state index contributed by atoms with van der Waals surface area (Å²) in [6, 6.07) is 21.1. The van der Waals surface area contributed by atoms with Crippen LogP contribution >= 0.6 is 0 Å². The van der Waals surface area contributed by atoms with Gasteiger partial charge in [0, 0.05) is 31.9 Å². The highest BCUT2D eigenvalue weighted by Crippen LogP contribution is 2.22. The number of methoxy groups -OCH3 is 1. The minimum absolute atomic E-state index is 0.161. The molecule has 1 saturated heterocycles. The molecule has 7 nitrogen and oxygen atoms in total. The second-order valence-corrected chi connectivity index (χ2v) is 8.46. The van der Waals surface area contributed by atoms with E-state index in [0.29, 0.717) is 55.1 Å². The quantitative estimate of drug-likeness (QED) is 0.413. The summed E-state index contributed by atoms with van der Waals surface area (Å²) in [5, 5.41) is 0.447. The first-order valence-electron chi connectivity index (χ1n) is 11.5. The van der Waals surface area contributed by atoms with E-state index in [9.17, 15) is 14.0 Å². The van der Waals surface area contributed by atoms with Crippen LogP contribution in [0, 0.1) is 5.82 Å². The van der Waals surface area contributed by atoms with E-state index in [1.54, 1.807) is 34.9 Å². The van der Waals surface area contributed by atoms with E-state index in [1.807, 2.05) is 30.3 Å². The summed E-state index contributed by atoms with van der Waals surface area (Å²) in [6.07, 6.45) is 0. The maximum absolute atomic E-state index is 13.6. The van der Waals surface area contributed by atoms with E-state index < -0.39 is 5.97 Å². The fourth-order valence-electron chi connectivity index (χ4n) is 4.42. The number of hydrogen-bond donors (Lipinski definition) is 0. The number of rotatable bonds is 5. The van der Waals surface area contributed by atoms with Gasteiger partial charge in [0.25, 0.3) is 5.56 Å². The molecule has 0 atom stereocenters. The molecule has 4 aromatic rings. The monoisotopic (exact) mass is 472 g/mol. The van der Waals surface area contributed by atoms with E-state index in [1.165, 1.54) is 19.2 Å². The number of carbonyl (C=O) groups is 1. The van der Waals surface area contributed by atoms with Crippen LogP contribution in [0.3, 0.4) is 0 Å². The molecule has 1 aliphatic rings. The predicted octanol–water partition coefficient (Wildman–Crippen LogP) is 3.70. The minimum atomic E-state index is -0.475. The molecule has 3 aromatic carbocycles. The van der Waals surface area contributed by atoms with Gasteiger partial charge < -0.3 is 14.5 Å². The number of nitrogens with zero attached hydrogens (tertiary/aromatic N) is 4. The van der Waals surface area contributed by atoms with Crippen molar-refractivity contribution in [3.63, 3.8) is 0 Å². The van der Waals surface area contributed by atoms with Crippen molar-refractivity contribution in [2.24, 2.45) is 0 Å². The minimum Gasteiger partial charge on any atom is -0.465 e. The molecule has 1 aromatic heterocycles. The smallest absolute Gasteiger partial charge is 0.337 e. The van der Waals surface area contributed by atoms with Crippen molar-refractivity contribution in [1.29, 1.82) is 0 Å². The highest BCUT2D eigenvalue weighted by molar-refractivity contribution is 5.94. The van der Waals surface area contributed by atoms with Crippen molar-refractivity contribution in [3.05, 3.63) is 100 Å². The Morgan fingerprint density at radius 2 is 1.63 bits per heavy atom. The van der Waals surface area contributed by atoms with Gasteiger partial charge in [-0.15, -0.1) is 0 Å². The third-order valence-electron chi connectivity index (χ3n) is 6.29. The molecule has 0 saturated carbocycles. The van der Waals surface area contributed by atoms with E-state index in [2.05, 4.69) is 9.80 Å². The first kappa shape index (κ1) is 22.6. The van der Waals surface area contributed by atoms with E-state index in [-0.39, 0.29) is 11.4 Å². The summed E-state index contributed by atoms with van der Waals surface area (Å²) in [7, 11) is 1.32. The number of esters is 1. The van der Waals surface area contributed by atoms with Crippen LogP contribution in [0.15, 0.2) is 77.6 Å². The molecule has 0 spiro atoms. The second kappa shape index (κ2) is 9.58. The molecular weight excluding hydrogens is 447 g/mol. The average Bonchev–Trinajstić information content (AvgIpc) is 2.90. The lowest BCUT2D eigenvalue weighted by Crippen LogP contribution is -2.48. The summed E-state index contributed by atoms with van der Waals surface area (Å²) >= 11 is 0. The zero-order valence-electron chi connectivity index (χ0n) is 19.4. The molecule has 0 bridgehead atoms. The highest BCUT2D eigenvalue weighted by Gasteiger charge is 2.23. The number of benzene rings is 3. The number of ether oxygens (including phenoxy) is 1. The van der Waals surface area contributed by atoms with Crippen LogP contribution in [0.25, 0.3) is 10.9 Å². The van der Waals surface area contributed by atoms with Gasteiger partial charge >= 0.3 is 5.97 Å². The Bertz CT molecular complexity index is 1410. The molecule has 8 heteroatoms. The number of piperazine rings is 1. The van der Waals surface area contributed by atoms with Gasteiger partial charge in [0.2, 0.25) is 5.95 Å². The molecule has 1 aliphatic heterocycles. The molecule has 178 valence electrons. The molecule has 1 fully saturated rings. The summed E-state index contributed by atoms with van der Waals surface area (Å²) in [4.78, 5) is 34.8. The fourth-order valence-corrected chi connectivity index (χ4v) is 4.42. The van der Waals surface area contributed by atoms with Crippen molar-refractivity contribution in [1.82, 2.24) is 9.55 Å². The van der Waals surface area contributed by atoms with Crippen molar-refractivity contribution < 1.29 is 13.9 Å². The van der Waals surface area contributed by atoms with Gasteiger partial charge in [0.05, 0.1) is 30.1 Å².